The Hall–Kier alpha value is -0.740. The highest BCUT2D eigenvalue weighted by atomic mass is 16.1. The van der Waals surface area contributed by atoms with Gasteiger partial charge >= 0.3 is 0 Å². The third kappa shape index (κ3) is 4.11. The monoisotopic (exact) mass is 266 g/mol. The van der Waals surface area contributed by atoms with Crippen LogP contribution in [0.25, 0.3) is 0 Å². The van der Waals surface area contributed by atoms with Crippen molar-refractivity contribution in [1.29, 1.82) is 0 Å². The topological polar surface area (TPSA) is 58.2 Å². The number of rotatable bonds is 6. The first kappa shape index (κ1) is 14.7. The van der Waals surface area contributed by atoms with Crippen molar-refractivity contribution < 1.29 is 9.59 Å². The van der Waals surface area contributed by atoms with Crippen LogP contribution in [0.4, 0.5) is 0 Å². The Morgan fingerprint density at radius 2 is 1.32 bits per heavy atom. The molecule has 0 amide bonds. The molecule has 2 unspecified atom stereocenters. The number of ketones is 2. The quantitative estimate of drug-likeness (QED) is 0.760. The molecule has 2 saturated heterocycles. The zero-order chi connectivity index (χ0) is 13.8. The molecule has 2 aliphatic heterocycles. The fourth-order valence-corrected chi connectivity index (χ4v) is 3.37. The molecule has 0 aromatic rings. The molecule has 0 saturated carbocycles. The summed E-state index contributed by atoms with van der Waals surface area (Å²) in [7, 11) is 0. The molecule has 0 aliphatic carbocycles. The van der Waals surface area contributed by atoms with Gasteiger partial charge in [-0.05, 0) is 64.5 Å². The van der Waals surface area contributed by atoms with Crippen LogP contribution >= 0.6 is 0 Å². The van der Waals surface area contributed by atoms with Gasteiger partial charge in [-0.1, -0.05) is 6.42 Å². The van der Waals surface area contributed by atoms with Crippen molar-refractivity contribution >= 4 is 11.6 Å². The van der Waals surface area contributed by atoms with E-state index in [2.05, 4.69) is 10.6 Å². The number of hydrogen-bond donors (Lipinski definition) is 2. The second-order valence-corrected chi connectivity index (χ2v) is 6.28. The van der Waals surface area contributed by atoms with E-state index >= 15 is 0 Å². The Bertz CT molecular complexity index is 311. The lowest BCUT2D eigenvalue weighted by atomic mass is 9.93. The highest BCUT2D eigenvalue weighted by Gasteiger charge is 2.29. The molecular weight excluding hydrogens is 240 g/mol. The molecule has 0 aromatic heterocycles. The SMILES string of the molecule is CC(=O)[C@@H]1CC(CCCC2CN[C@H](C(C)=O)C2)CN1. The third-order valence-corrected chi connectivity index (χ3v) is 4.65. The van der Waals surface area contributed by atoms with Gasteiger partial charge in [0.15, 0.2) is 0 Å². The van der Waals surface area contributed by atoms with Gasteiger partial charge in [0.1, 0.15) is 11.6 Å². The van der Waals surface area contributed by atoms with E-state index in [0.29, 0.717) is 11.8 Å². The normalized spacial score (nSPS) is 34.6. The molecule has 0 spiro atoms. The lowest BCUT2D eigenvalue weighted by Gasteiger charge is -2.11. The van der Waals surface area contributed by atoms with E-state index in [4.69, 9.17) is 0 Å². The van der Waals surface area contributed by atoms with Gasteiger partial charge in [0.05, 0.1) is 12.1 Å². The number of carbonyl (C=O) groups is 2. The molecule has 0 radical (unpaired) electrons. The zero-order valence-corrected chi connectivity index (χ0v) is 12.1. The van der Waals surface area contributed by atoms with E-state index in [1.807, 2.05) is 0 Å². The highest BCUT2D eigenvalue weighted by Crippen LogP contribution is 2.25. The molecule has 108 valence electrons. The van der Waals surface area contributed by atoms with Crippen molar-refractivity contribution in [3.63, 3.8) is 0 Å². The Morgan fingerprint density at radius 3 is 1.63 bits per heavy atom. The first-order valence-electron chi connectivity index (χ1n) is 7.54. The average molecular weight is 266 g/mol. The molecule has 19 heavy (non-hydrogen) atoms. The van der Waals surface area contributed by atoms with Crippen molar-refractivity contribution in [2.45, 2.75) is 58.0 Å². The van der Waals surface area contributed by atoms with Crippen molar-refractivity contribution in [2.75, 3.05) is 13.1 Å². The van der Waals surface area contributed by atoms with Crippen LogP contribution < -0.4 is 10.6 Å². The molecule has 2 aliphatic rings. The van der Waals surface area contributed by atoms with Gasteiger partial charge in [-0.2, -0.15) is 0 Å². The standard InChI is InChI=1S/C15H26N2O2/c1-10(18)14-6-12(8-16-14)4-3-5-13-7-15(11(2)19)17-9-13/h12-17H,3-9H2,1-2H3/t12?,13?,14-,15-/m0/s1. The predicted octanol–water partition coefficient (Wildman–Crippen LogP) is 1.29. The van der Waals surface area contributed by atoms with Crippen LogP contribution in [0.5, 0.6) is 0 Å². The van der Waals surface area contributed by atoms with Gasteiger partial charge < -0.3 is 10.6 Å². The Kier molecular flexibility index (Phi) is 5.11. The Balaban J connectivity index is 1.60. The van der Waals surface area contributed by atoms with Gasteiger partial charge in [-0.15, -0.1) is 0 Å². The van der Waals surface area contributed by atoms with Gasteiger partial charge in [-0.3, -0.25) is 9.59 Å². The second kappa shape index (κ2) is 6.62. The summed E-state index contributed by atoms with van der Waals surface area (Å²) in [4.78, 5) is 22.5. The van der Waals surface area contributed by atoms with Gasteiger partial charge in [-0.25, -0.2) is 0 Å². The van der Waals surface area contributed by atoms with Crippen LogP contribution in [0, 0.1) is 11.8 Å². The van der Waals surface area contributed by atoms with E-state index in [1.54, 1.807) is 13.8 Å². The molecule has 2 N–H and O–H groups in total. The van der Waals surface area contributed by atoms with Crippen molar-refractivity contribution in [3.05, 3.63) is 0 Å². The maximum absolute atomic E-state index is 11.3. The summed E-state index contributed by atoms with van der Waals surface area (Å²) in [5, 5.41) is 6.60. The maximum atomic E-state index is 11.3. The van der Waals surface area contributed by atoms with E-state index in [0.717, 1.165) is 25.9 Å². The van der Waals surface area contributed by atoms with Crippen LogP contribution in [0.3, 0.4) is 0 Å². The van der Waals surface area contributed by atoms with Crippen LogP contribution in [0.2, 0.25) is 0 Å². The van der Waals surface area contributed by atoms with Crippen LogP contribution in [0.1, 0.15) is 46.0 Å². The summed E-state index contributed by atoms with van der Waals surface area (Å²) in [6, 6.07) is 0.195. The van der Waals surface area contributed by atoms with E-state index in [9.17, 15) is 9.59 Å². The van der Waals surface area contributed by atoms with E-state index < -0.39 is 0 Å². The summed E-state index contributed by atoms with van der Waals surface area (Å²) < 4.78 is 0. The first-order chi connectivity index (χ1) is 9.06. The maximum Gasteiger partial charge on any atom is 0.146 e. The largest absolute Gasteiger partial charge is 0.307 e. The van der Waals surface area contributed by atoms with E-state index in [-0.39, 0.29) is 23.7 Å². The molecule has 0 bridgehead atoms. The summed E-state index contributed by atoms with van der Waals surface area (Å²) in [6.45, 7) is 5.32. The van der Waals surface area contributed by atoms with Crippen molar-refractivity contribution in [2.24, 2.45) is 11.8 Å². The summed E-state index contributed by atoms with van der Waals surface area (Å²) in [5.74, 6) is 1.86. The van der Waals surface area contributed by atoms with Gasteiger partial charge in [0.2, 0.25) is 0 Å². The minimum Gasteiger partial charge on any atom is -0.307 e. The predicted molar refractivity (Wildman–Crippen MR) is 75.0 cm³/mol. The number of nitrogens with one attached hydrogen (secondary N) is 2. The second-order valence-electron chi connectivity index (χ2n) is 6.28. The molecule has 4 nitrogen and oxygen atoms in total. The van der Waals surface area contributed by atoms with Crippen LogP contribution in [-0.2, 0) is 9.59 Å². The number of Topliss-reactive ketones (excluding diaryl/α,β-unsaturated/α-hetero) is 2. The van der Waals surface area contributed by atoms with Crippen molar-refractivity contribution in [1.82, 2.24) is 10.6 Å². The minimum absolute atomic E-state index is 0.0974. The molecular formula is C15H26N2O2. The zero-order valence-electron chi connectivity index (χ0n) is 12.1. The van der Waals surface area contributed by atoms with Crippen LogP contribution in [0.15, 0.2) is 0 Å². The summed E-state index contributed by atoms with van der Waals surface area (Å²) in [5.41, 5.74) is 0. The van der Waals surface area contributed by atoms with Crippen molar-refractivity contribution in [3.8, 4) is 0 Å². The van der Waals surface area contributed by atoms with Crippen LogP contribution in [-0.4, -0.2) is 36.7 Å². The fraction of sp³-hybridized carbons (Fsp3) is 0.867. The van der Waals surface area contributed by atoms with Gasteiger partial charge in [0, 0.05) is 0 Å². The summed E-state index contributed by atoms with van der Waals surface area (Å²) in [6.07, 6.45) is 5.65. The number of carbonyl (C=O) groups excluding carboxylic acids is 2. The molecule has 2 heterocycles. The Labute approximate surface area is 115 Å². The molecule has 0 aromatic carbocycles. The highest BCUT2D eigenvalue weighted by molar-refractivity contribution is 5.82. The van der Waals surface area contributed by atoms with E-state index in [1.165, 1.54) is 19.3 Å². The average Bonchev–Trinajstić information content (AvgIpc) is 2.97. The Morgan fingerprint density at radius 1 is 0.895 bits per heavy atom. The van der Waals surface area contributed by atoms with Gasteiger partial charge in [0.25, 0.3) is 0 Å². The number of hydrogen-bond acceptors (Lipinski definition) is 4. The molecule has 2 rings (SSSR count). The lowest BCUT2D eigenvalue weighted by molar-refractivity contribution is -0.119. The summed E-state index contributed by atoms with van der Waals surface area (Å²) >= 11 is 0. The smallest absolute Gasteiger partial charge is 0.146 e. The lowest BCUT2D eigenvalue weighted by Crippen LogP contribution is -2.28. The first-order valence-corrected chi connectivity index (χ1v) is 7.54. The molecule has 4 atom stereocenters. The fourth-order valence-electron chi connectivity index (χ4n) is 3.37. The molecule has 2 fully saturated rings. The minimum atomic E-state index is 0.0974. The third-order valence-electron chi connectivity index (χ3n) is 4.65. The molecule has 4 heteroatoms.